The van der Waals surface area contributed by atoms with Gasteiger partial charge >= 0.3 is 6.09 Å². The third kappa shape index (κ3) is 2.38. The first-order valence-electron chi connectivity index (χ1n) is 5.19. The van der Waals surface area contributed by atoms with Crippen molar-refractivity contribution >= 4 is 6.09 Å². The van der Waals surface area contributed by atoms with Crippen molar-refractivity contribution < 1.29 is 9.53 Å². The van der Waals surface area contributed by atoms with Crippen LogP contribution in [0.2, 0.25) is 0 Å². The van der Waals surface area contributed by atoms with E-state index in [-0.39, 0.29) is 12.1 Å². The van der Waals surface area contributed by atoms with Gasteiger partial charge in [-0.05, 0) is 27.8 Å². The molecule has 1 fully saturated rings. The van der Waals surface area contributed by atoms with E-state index in [0.717, 1.165) is 13.1 Å². The average molecular weight is 200 g/mol. The van der Waals surface area contributed by atoms with E-state index in [1.807, 2.05) is 11.8 Å². The number of hydrogen-bond acceptors (Lipinski definition) is 3. The lowest BCUT2D eigenvalue weighted by molar-refractivity contribution is 0.0406. The molecule has 4 heteroatoms. The summed E-state index contributed by atoms with van der Waals surface area (Å²) in [7, 11) is 2.09. The summed E-state index contributed by atoms with van der Waals surface area (Å²) in [5.41, 5.74) is 0. The number of ether oxygens (including phenoxy) is 1. The van der Waals surface area contributed by atoms with Gasteiger partial charge in [-0.3, -0.25) is 4.90 Å². The summed E-state index contributed by atoms with van der Waals surface area (Å²) < 4.78 is 5.00. The molecular weight excluding hydrogens is 180 g/mol. The van der Waals surface area contributed by atoms with E-state index in [1.165, 1.54) is 0 Å². The Kier molecular flexibility index (Phi) is 3.75. The highest BCUT2D eigenvalue weighted by atomic mass is 16.6. The van der Waals surface area contributed by atoms with E-state index in [1.54, 1.807) is 0 Å². The summed E-state index contributed by atoms with van der Waals surface area (Å²) in [6.07, 6.45) is -0.181. The number of hydrogen-bond donors (Lipinski definition) is 0. The van der Waals surface area contributed by atoms with Gasteiger partial charge in [-0.25, -0.2) is 4.79 Å². The summed E-state index contributed by atoms with van der Waals surface area (Å²) in [5.74, 6) is 0. The van der Waals surface area contributed by atoms with Crippen molar-refractivity contribution in [2.24, 2.45) is 0 Å². The van der Waals surface area contributed by atoms with Gasteiger partial charge in [0.25, 0.3) is 0 Å². The fourth-order valence-corrected chi connectivity index (χ4v) is 1.76. The monoisotopic (exact) mass is 200 g/mol. The van der Waals surface area contributed by atoms with Gasteiger partial charge in [-0.15, -0.1) is 0 Å². The van der Waals surface area contributed by atoms with Crippen molar-refractivity contribution in [1.29, 1.82) is 0 Å². The van der Waals surface area contributed by atoms with Crippen LogP contribution in [0.4, 0.5) is 4.79 Å². The molecule has 0 saturated carbocycles. The normalized spacial score (nSPS) is 29.0. The number of amides is 1. The molecule has 0 spiro atoms. The minimum absolute atomic E-state index is 0.181. The quantitative estimate of drug-likeness (QED) is 0.637. The van der Waals surface area contributed by atoms with Gasteiger partial charge in [-0.1, -0.05) is 0 Å². The highest BCUT2D eigenvalue weighted by Crippen LogP contribution is 2.14. The van der Waals surface area contributed by atoms with Gasteiger partial charge < -0.3 is 9.64 Å². The van der Waals surface area contributed by atoms with Crippen molar-refractivity contribution in [1.82, 2.24) is 9.80 Å². The number of rotatable bonds is 1. The number of carbonyl (C=O) groups is 1. The summed E-state index contributed by atoms with van der Waals surface area (Å²) >= 11 is 0. The molecule has 0 aromatic carbocycles. The highest BCUT2D eigenvalue weighted by Gasteiger charge is 2.30. The van der Waals surface area contributed by atoms with Crippen LogP contribution in [-0.2, 0) is 4.74 Å². The molecule has 2 atom stereocenters. The van der Waals surface area contributed by atoms with E-state index >= 15 is 0 Å². The summed E-state index contributed by atoms with van der Waals surface area (Å²) in [6, 6.07) is 0.658. The van der Waals surface area contributed by atoms with Crippen LogP contribution in [0.5, 0.6) is 0 Å². The lowest BCUT2D eigenvalue weighted by Gasteiger charge is -2.41. The molecule has 1 saturated heterocycles. The zero-order valence-electron chi connectivity index (χ0n) is 9.49. The summed E-state index contributed by atoms with van der Waals surface area (Å²) in [4.78, 5) is 15.6. The molecule has 0 aliphatic carbocycles. The molecule has 0 unspecified atom stereocenters. The van der Waals surface area contributed by atoms with E-state index in [9.17, 15) is 4.79 Å². The predicted molar refractivity (Wildman–Crippen MR) is 55.3 cm³/mol. The molecule has 1 heterocycles. The first-order chi connectivity index (χ1) is 6.56. The smallest absolute Gasteiger partial charge is 0.410 e. The van der Waals surface area contributed by atoms with Crippen molar-refractivity contribution in [2.75, 3.05) is 26.7 Å². The third-order valence-corrected chi connectivity index (χ3v) is 2.80. The third-order valence-electron chi connectivity index (χ3n) is 2.80. The van der Waals surface area contributed by atoms with Gasteiger partial charge in [0, 0.05) is 25.2 Å². The molecule has 0 aromatic heterocycles. The van der Waals surface area contributed by atoms with Crippen molar-refractivity contribution in [3.8, 4) is 0 Å². The van der Waals surface area contributed by atoms with E-state index in [0.29, 0.717) is 12.6 Å². The minimum atomic E-state index is -0.181. The Balaban J connectivity index is 2.56. The van der Waals surface area contributed by atoms with Crippen LogP contribution in [0.1, 0.15) is 20.8 Å². The van der Waals surface area contributed by atoms with Crippen LogP contribution in [0.25, 0.3) is 0 Å². The topological polar surface area (TPSA) is 32.8 Å². The second-order valence-corrected chi connectivity index (χ2v) is 3.99. The van der Waals surface area contributed by atoms with Crippen LogP contribution in [0, 0.1) is 0 Å². The molecule has 0 N–H and O–H groups in total. The van der Waals surface area contributed by atoms with E-state index in [2.05, 4.69) is 25.8 Å². The SMILES string of the molecule is CCOC(=O)N1C[C@H](C)N(C)C[C@H]1C. The summed E-state index contributed by atoms with van der Waals surface area (Å²) in [5, 5.41) is 0. The zero-order chi connectivity index (χ0) is 10.7. The maximum absolute atomic E-state index is 11.5. The lowest BCUT2D eigenvalue weighted by Crippen LogP contribution is -2.56. The van der Waals surface area contributed by atoms with Crippen molar-refractivity contribution in [3.63, 3.8) is 0 Å². The van der Waals surface area contributed by atoms with Crippen LogP contribution in [0.3, 0.4) is 0 Å². The molecule has 1 aliphatic heterocycles. The molecule has 4 nitrogen and oxygen atoms in total. The zero-order valence-corrected chi connectivity index (χ0v) is 9.49. The molecule has 1 rings (SSSR count). The molecule has 1 amide bonds. The Bertz CT molecular complexity index is 208. The van der Waals surface area contributed by atoms with Crippen LogP contribution < -0.4 is 0 Å². The highest BCUT2D eigenvalue weighted by molar-refractivity contribution is 5.68. The Morgan fingerprint density at radius 1 is 1.36 bits per heavy atom. The molecule has 0 aromatic rings. The first kappa shape index (κ1) is 11.3. The molecule has 14 heavy (non-hydrogen) atoms. The number of likely N-dealkylation sites (N-methyl/N-ethyl adjacent to an activating group) is 1. The van der Waals surface area contributed by atoms with E-state index in [4.69, 9.17) is 4.74 Å². The molecule has 1 aliphatic rings. The second-order valence-electron chi connectivity index (χ2n) is 3.99. The van der Waals surface area contributed by atoms with Gasteiger partial charge in [0.2, 0.25) is 0 Å². The fraction of sp³-hybridized carbons (Fsp3) is 0.900. The van der Waals surface area contributed by atoms with Gasteiger partial charge in [0.05, 0.1) is 6.61 Å². The van der Waals surface area contributed by atoms with Crippen molar-refractivity contribution in [3.05, 3.63) is 0 Å². The average Bonchev–Trinajstić information content (AvgIpc) is 2.11. The van der Waals surface area contributed by atoms with Crippen LogP contribution in [0.15, 0.2) is 0 Å². The molecule has 0 bridgehead atoms. The first-order valence-corrected chi connectivity index (χ1v) is 5.19. The maximum atomic E-state index is 11.5. The standard InChI is InChI=1S/C10H20N2O2/c1-5-14-10(13)12-7-8(2)11(4)6-9(12)3/h8-9H,5-7H2,1-4H3/t8-,9+/m0/s1. The van der Waals surface area contributed by atoms with Crippen molar-refractivity contribution in [2.45, 2.75) is 32.9 Å². The molecular formula is C10H20N2O2. The van der Waals surface area contributed by atoms with Crippen LogP contribution >= 0.6 is 0 Å². The largest absolute Gasteiger partial charge is 0.450 e. The van der Waals surface area contributed by atoms with Gasteiger partial charge in [0.15, 0.2) is 0 Å². The molecule has 82 valence electrons. The summed E-state index contributed by atoms with van der Waals surface area (Å²) in [6.45, 7) is 8.14. The Morgan fingerprint density at radius 2 is 2.00 bits per heavy atom. The minimum Gasteiger partial charge on any atom is -0.450 e. The Hall–Kier alpha value is -0.770. The molecule has 0 radical (unpaired) electrons. The van der Waals surface area contributed by atoms with Gasteiger partial charge in [0.1, 0.15) is 0 Å². The lowest BCUT2D eigenvalue weighted by atomic mass is 10.1. The number of carbonyl (C=O) groups excluding carboxylic acids is 1. The Morgan fingerprint density at radius 3 is 2.57 bits per heavy atom. The van der Waals surface area contributed by atoms with Gasteiger partial charge in [-0.2, -0.15) is 0 Å². The van der Waals surface area contributed by atoms with Crippen LogP contribution in [-0.4, -0.2) is 54.7 Å². The second kappa shape index (κ2) is 4.64. The van der Waals surface area contributed by atoms with E-state index < -0.39 is 0 Å². The predicted octanol–water partition coefficient (Wildman–Crippen LogP) is 1.17. The fourth-order valence-electron chi connectivity index (χ4n) is 1.76. The maximum Gasteiger partial charge on any atom is 0.410 e. The number of nitrogens with zero attached hydrogens (tertiary/aromatic N) is 2. The Labute approximate surface area is 85.8 Å². The number of piperazine rings is 1.